The zero-order chi connectivity index (χ0) is 46.5. The molecule has 11 aromatic carbocycles. The minimum Gasteiger partial charge on any atom is -0.238 e. The molecule has 0 bridgehead atoms. The zero-order valence-electron chi connectivity index (χ0n) is 37.9. The summed E-state index contributed by atoms with van der Waals surface area (Å²) < 4.78 is 0. The summed E-state index contributed by atoms with van der Waals surface area (Å²) >= 11 is 0. The largest absolute Gasteiger partial charge is 0.238 e. The molecule has 0 spiro atoms. The predicted molar refractivity (Wildman–Crippen MR) is 289 cm³/mol. The van der Waals surface area contributed by atoms with Gasteiger partial charge in [0.25, 0.3) is 0 Å². The molecular weight excluding hydrogens is 849 g/mol. The Bertz CT molecular complexity index is 4080. The summed E-state index contributed by atoms with van der Waals surface area (Å²) in [5.41, 5.74) is 18.9. The minimum absolute atomic E-state index is 0.574. The van der Waals surface area contributed by atoms with Crippen molar-refractivity contribution in [2.75, 3.05) is 0 Å². The molecule has 4 heteroatoms. The first kappa shape index (κ1) is 40.7. The van der Waals surface area contributed by atoms with Crippen LogP contribution in [0, 0.1) is 6.57 Å². The summed E-state index contributed by atoms with van der Waals surface area (Å²) in [5.74, 6) is 1.77. The third-order valence-corrected chi connectivity index (χ3v) is 13.7. The number of rotatable bonds is 8. The smallest absolute Gasteiger partial charge is 0.194 e. The van der Waals surface area contributed by atoms with Gasteiger partial charge in [-0.2, -0.15) is 0 Å². The zero-order valence-corrected chi connectivity index (χ0v) is 37.9. The molecule has 0 fully saturated rings. The number of hydrogen-bond donors (Lipinski definition) is 0. The molecule has 324 valence electrons. The SMILES string of the molecule is [C-]#[N+]c1ccc(-c2cccc(-c3ccc4c(c3)-c3cccc5cccc-4c35)c2)cc1-c1ccccc1-c1cccc(-c2nc(-c3ccccc3)nc(-c3ccccc3-c3cccc4ccccc34)n2)c1. The molecule has 0 atom stereocenters. The van der Waals surface area contributed by atoms with E-state index in [1.165, 1.54) is 49.4 Å². The van der Waals surface area contributed by atoms with Crippen LogP contribution in [-0.4, -0.2) is 15.0 Å². The number of nitrogens with zero attached hydrogens (tertiary/aromatic N) is 4. The molecule has 13 rings (SSSR count). The summed E-state index contributed by atoms with van der Waals surface area (Å²) in [6, 6.07) is 85.1. The Kier molecular flexibility index (Phi) is 9.85. The second-order valence-corrected chi connectivity index (χ2v) is 17.8. The molecule has 0 N–H and O–H groups in total. The Morgan fingerprint density at radius 1 is 0.257 bits per heavy atom. The standard InChI is InChI=1S/C66H40N4/c1-67-62-37-35-48(46-23-11-22-45(38-46)47-34-36-56-57-32-14-20-43-21-15-33-58(63(43)57)60(56)40-47)41-61(62)54-28-8-7-27-52(54)49-24-12-25-50(39-49)65-68-64(44-17-3-2-4-18-44)69-66(70-65)59-30-10-9-29-55(59)53-31-13-19-42-16-5-6-26-51(42)53/h2-41H. The van der Waals surface area contributed by atoms with Crippen molar-refractivity contribution in [3.8, 4) is 112 Å². The molecule has 0 radical (unpaired) electrons. The van der Waals surface area contributed by atoms with Crippen molar-refractivity contribution in [3.63, 3.8) is 0 Å². The van der Waals surface area contributed by atoms with Crippen LogP contribution < -0.4 is 0 Å². The first-order valence-corrected chi connectivity index (χ1v) is 23.5. The van der Waals surface area contributed by atoms with Gasteiger partial charge in [-0.05, 0) is 118 Å². The van der Waals surface area contributed by atoms with Crippen LogP contribution in [0.15, 0.2) is 243 Å². The second kappa shape index (κ2) is 16.9. The highest BCUT2D eigenvalue weighted by molar-refractivity contribution is 6.15. The number of hydrogen-bond acceptors (Lipinski definition) is 3. The van der Waals surface area contributed by atoms with Crippen molar-refractivity contribution in [1.82, 2.24) is 15.0 Å². The molecule has 0 saturated carbocycles. The van der Waals surface area contributed by atoms with E-state index in [1.807, 2.05) is 48.5 Å². The maximum atomic E-state index is 8.32. The first-order chi connectivity index (χ1) is 34.6. The van der Waals surface area contributed by atoms with Crippen LogP contribution in [0.5, 0.6) is 0 Å². The van der Waals surface area contributed by atoms with Crippen LogP contribution >= 0.6 is 0 Å². The lowest BCUT2D eigenvalue weighted by Crippen LogP contribution is -2.01. The van der Waals surface area contributed by atoms with Gasteiger partial charge in [-0.1, -0.05) is 224 Å². The average molecular weight is 889 g/mol. The Morgan fingerprint density at radius 2 is 0.714 bits per heavy atom. The monoisotopic (exact) mass is 888 g/mol. The van der Waals surface area contributed by atoms with E-state index in [9.17, 15) is 0 Å². The van der Waals surface area contributed by atoms with E-state index in [0.717, 1.165) is 66.8 Å². The quantitative estimate of drug-likeness (QED) is 0.143. The average Bonchev–Trinajstić information content (AvgIpc) is 3.76. The van der Waals surface area contributed by atoms with Gasteiger partial charge in [-0.15, -0.1) is 0 Å². The molecule has 4 nitrogen and oxygen atoms in total. The van der Waals surface area contributed by atoms with Crippen LogP contribution in [0.4, 0.5) is 5.69 Å². The van der Waals surface area contributed by atoms with Gasteiger partial charge >= 0.3 is 0 Å². The fourth-order valence-corrected chi connectivity index (χ4v) is 10.4. The highest BCUT2D eigenvalue weighted by Crippen LogP contribution is 2.49. The molecule has 1 aliphatic rings. The Balaban J connectivity index is 0.886. The number of fused-ring (bicyclic) bond motifs is 4. The van der Waals surface area contributed by atoms with E-state index in [1.54, 1.807) is 0 Å². The van der Waals surface area contributed by atoms with Crippen LogP contribution in [0.3, 0.4) is 0 Å². The summed E-state index contributed by atoms with van der Waals surface area (Å²) in [4.78, 5) is 19.6. The predicted octanol–water partition coefficient (Wildman–Crippen LogP) is 17.7. The van der Waals surface area contributed by atoms with Crippen LogP contribution in [0.2, 0.25) is 0 Å². The van der Waals surface area contributed by atoms with Crippen molar-refractivity contribution >= 4 is 27.2 Å². The second-order valence-electron chi connectivity index (χ2n) is 17.8. The number of aromatic nitrogens is 3. The fourth-order valence-electron chi connectivity index (χ4n) is 10.4. The Labute approximate surface area is 406 Å². The van der Waals surface area contributed by atoms with Crippen molar-refractivity contribution in [2.45, 2.75) is 0 Å². The molecule has 0 unspecified atom stereocenters. The van der Waals surface area contributed by atoms with Gasteiger partial charge in [-0.25, -0.2) is 19.8 Å². The third kappa shape index (κ3) is 7.04. The molecule has 0 amide bonds. The highest BCUT2D eigenvalue weighted by Gasteiger charge is 2.22. The van der Waals surface area contributed by atoms with E-state index in [-0.39, 0.29) is 0 Å². The third-order valence-electron chi connectivity index (χ3n) is 13.7. The van der Waals surface area contributed by atoms with Crippen molar-refractivity contribution in [1.29, 1.82) is 0 Å². The van der Waals surface area contributed by atoms with Crippen molar-refractivity contribution in [2.24, 2.45) is 0 Å². The maximum absolute atomic E-state index is 8.32. The molecule has 1 aromatic heterocycles. The topological polar surface area (TPSA) is 43.0 Å². The van der Waals surface area contributed by atoms with Crippen molar-refractivity contribution in [3.05, 3.63) is 254 Å². The molecule has 0 aliphatic heterocycles. The minimum atomic E-state index is 0.574. The molecule has 1 heterocycles. The molecule has 12 aromatic rings. The van der Waals surface area contributed by atoms with Gasteiger partial charge in [0.05, 0.1) is 6.57 Å². The highest BCUT2D eigenvalue weighted by atomic mass is 15.0. The van der Waals surface area contributed by atoms with E-state index < -0.39 is 0 Å². The summed E-state index contributed by atoms with van der Waals surface area (Å²) in [5, 5.41) is 4.94. The van der Waals surface area contributed by atoms with Crippen molar-refractivity contribution < 1.29 is 0 Å². The van der Waals surface area contributed by atoms with Gasteiger partial charge in [0.15, 0.2) is 23.2 Å². The number of benzene rings is 11. The molecule has 1 aliphatic carbocycles. The molecular formula is C66H40N4. The Hall–Kier alpha value is -9.56. The van der Waals surface area contributed by atoms with Gasteiger partial charge in [0.1, 0.15) is 0 Å². The van der Waals surface area contributed by atoms with Gasteiger partial charge in [0, 0.05) is 16.7 Å². The van der Waals surface area contributed by atoms with Gasteiger partial charge < -0.3 is 0 Å². The van der Waals surface area contributed by atoms with Crippen LogP contribution in [0.1, 0.15) is 0 Å². The lowest BCUT2D eigenvalue weighted by atomic mass is 9.90. The molecule has 70 heavy (non-hydrogen) atoms. The van der Waals surface area contributed by atoms with Crippen LogP contribution in [0.25, 0.3) is 138 Å². The van der Waals surface area contributed by atoms with E-state index >= 15 is 0 Å². The summed E-state index contributed by atoms with van der Waals surface area (Å²) in [6.07, 6.45) is 0. The van der Waals surface area contributed by atoms with E-state index in [4.69, 9.17) is 21.5 Å². The Morgan fingerprint density at radius 3 is 1.47 bits per heavy atom. The summed E-state index contributed by atoms with van der Waals surface area (Å²) in [6.45, 7) is 8.32. The first-order valence-electron chi connectivity index (χ1n) is 23.5. The van der Waals surface area contributed by atoms with Crippen LogP contribution in [-0.2, 0) is 0 Å². The normalized spacial score (nSPS) is 11.4. The molecule has 0 saturated heterocycles. The van der Waals surface area contributed by atoms with E-state index in [0.29, 0.717) is 23.2 Å². The van der Waals surface area contributed by atoms with Gasteiger partial charge in [0.2, 0.25) is 0 Å². The fraction of sp³-hybridized carbons (Fsp3) is 0. The maximum Gasteiger partial charge on any atom is 0.194 e. The summed E-state index contributed by atoms with van der Waals surface area (Å²) in [7, 11) is 0. The van der Waals surface area contributed by atoms with E-state index in [2.05, 4.69) is 199 Å². The lowest BCUT2D eigenvalue weighted by Gasteiger charge is -2.15. The van der Waals surface area contributed by atoms with Gasteiger partial charge in [-0.3, -0.25) is 0 Å². The lowest BCUT2D eigenvalue weighted by molar-refractivity contribution is 1.07.